The number of rotatable bonds is 8. The first-order valence-electron chi connectivity index (χ1n) is 11.0. The van der Waals surface area contributed by atoms with Crippen molar-refractivity contribution in [3.8, 4) is 0 Å². The Kier molecular flexibility index (Phi) is 7.77. The van der Waals surface area contributed by atoms with E-state index >= 15 is 0 Å². The highest BCUT2D eigenvalue weighted by molar-refractivity contribution is 8.00. The Balaban J connectivity index is 1.48. The van der Waals surface area contributed by atoms with Gasteiger partial charge in [-0.15, -0.1) is 11.8 Å². The van der Waals surface area contributed by atoms with Gasteiger partial charge in [0, 0.05) is 21.8 Å². The van der Waals surface area contributed by atoms with Crippen LogP contribution in [0.3, 0.4) is 0 Å². The molecule has 4 aromatic rings. The van der Waals surface area contributed by atoms with Gasteiger partial charge in [-0.25, -0.2) is 4.39 Å². The van der Waals surface area contributed by atoms with Crippen molar-refractivity contribution in [3.63, 3.8) is 0 Å². The Morgan fingerprint density at radius 2 is 1.31 bits per heavy atom. The Bertz CT molecular complexity index is 1380. The van der Waals surface area contributed by atoms with Gasteiger partial charge in [0.1, 0.15) is 11.1 Å². The number of nitrogens with two attached hydrogens (primary N) is 1. The van der Waals surface area contributed by atoms with Gasteiger partial charge >= 0.3 is 0 Å². The third kappa shape index (κ3) is 6.17. The van der Waals surface area contributed by atoms with Gasteiger partial charge in [-0.3, -0.25) is 14.4 Å². The fourth-order valence-electron chi connectivity index (χ4n) is 3.42. The molecule has 0 bridgehead atoms. The van der Waals surface area contributed by atoms with Crippen molar-refractivity contribution in [3.05, 3.63) is 126 Å². The summed E-state index contributed by atoms with van der Waals surface area (Å²) in [6.07, 6.45) is 0. The lowest BCUT2D eigenvalue weighted by Crippen LogP contribution is -2.19. The third-order valence-electron chi connectivity index (χ3n) is 5.26. The van der Waals surface area contributed by atoms with E-state index in [0.29, 0.717) is 16.9 Å². The summed E-state index contributed by atoms with van der Waals surface area (Å²) in [5.74, 6) is -1.92. The number of halogens is 1. The predicted octanol–water partition coefficient (Wildman–Crippen LogP) is 5.65. The minimum absolute atomic E-state index is 0.0411. The zero-order chi connectivity index (χ0) is 25.5. The summed E-state index contributed by atoms with van der Waals surface area (Å²) < 4.78 is 13.9. The Labute approximate surface area is 211 Å². The SMILES string of the molecule is NC(=O)c1ccc(NC(=O)C(Sc2ccc(NC(=O)c3ccccc3F)cc2)c2ccccc2)cc1. The summed E-state index contributed by atoms with van der Waals surface area (Å²) in [6, 6.07) is 28.4. The van der Waals surface area contributed by atoms with E-state index in [4.69, 9.17) is 5.73 Å². The molecule has 0 aliphatic carbocycles. The summed E-state index contributed by atoms with van der Waals surface area (Å²) in [6.45, 7) is 0. The molecule has 4 N–H and O–H groups in total. The molecule has 8 heteroatoms. The van der Waals surface area contributed by atoms with Gasteiger partial charge in [0.25, 0.3) is 5.91 Å². The molecule has 0 heterocycles. The van der Waals surface area contributed by atoms with Gasteiger partial charge in [0.05, 0.1) is 5.56 Å². The molecular weight excluding hydrogens is 477 g/mol. The lowest BCUT2D eigenvalue weighted by molar-refractivity contribution is -0.115. The van der Waals surface area contributed by atoms with E-state index in [1.807, 2.05) is 30.3 Å². The number of amides is 3. The largest absolute Gasteiger partial charge is 0.366 e. The molecule has 1 atom stereocenters. The second kappa shape index (κ2) is 11.3. The number of nitrogens with one attached hydrogen (secondary N) is 2. The first-order valence-corrected chi connectivity index (χ1v) is 11.9. The van der Waals surface area contributed by atoms with E-state index < -0.39 is 22.9 Å². The van der Waals surface area contributed by atoms with Crippen molar-refractivity contribution in [1.29, 1.82) is 0 Å². The van der Waals surface area contributed by atoms with Crippen LogP contribution in [0.2, 0.25) is 0 Å². The van der Waals surface area contributed by atoms with Gasteiger partial charge in [0.15, 0.2) is 0 Å². The normalized spacial score (nSPS) is 11.4. The summed E-state index contributed by atoms with van der Waals surface area (Å²) in [5.41, 5.74) is 7.44. The number of hydrogen-bond acceptors (Lipinski definition) is 4. The molecule has 0 radical (unpaired) electrons. The van der Waals surface area contributed by atoms with Crippen LogP contribution in [0.5, 0.6) is 0 Å². The van der Waals surface area contributed by atoms with Crippen LogP contribution in [0.4, 0.5) is 15.8 Å². The van der Waals surface area contributed by atoms with Gasteiger partial charge in [-0.1, -0.05) is 42.5 Å². The van der Waals surface area contributed by atoms with Crippen molar-refractivity contribution in [1.82, 2.24) is 0 Å². The fraction of sp³-hybridized carbons (Fsp3) is 0.0357. The van der Waals surface area contributed by atoms with E-state index in [-0.39, 0.29) is 11.5 Å². The molecule has 0 fully saturated rings. The smallest absolute Gasteiger partial charge is 0.258 e. The lowest BCUT2D eigenvalue weighted by atomic mass is 10.1. The maximum atomic E-state index is 13.9. The standard InChI is InChI=1S/C28H22FN3O3S/c29-24-9-5-4-8-23(24)27(34)31-21-14-16-22(17-15-21)36-25(18-6-2-1-3-7-18)28(35)32-20-12-10-19(11-13-20)26(30)33/h1-17,25H,(H2,30,33)(H,31,34)(H,32,35). The minimum atomic E-state index is -0.594. The van der Waals surface area contributed by atoms with Crippen LogP contribution >= 0.6 is 11.8 Å². The highest BCUT2D eigenvalue weighted by Gasteiger charge is 2.22. The molecule has 3 amide bonds. The Hall–Kier alpha value is -4.43. The lowest BCUT2D eigenvalue weighted by Gasteiger charge is -2.17. The zero-order valence-corrected chi connectivity index (χ0v) is 19.8. The molecule has 0 saturated carbocycles. The number of hydrogen-bond donors (Lipinski definition) is 3. The van der Waals surface area contributed by atoms with Crippen molar-refractivity contribution in [2.24, 2.45) is 5.73 Å². The Morgan fingerprint density at radius 3 is 1.94 bits per heavy atom. The molecular formula is C28H22FN3O3S. The molecule has 0 saturated heterocycles. The van der Waals surface area contributed by atoms with Crippen molar-refractivity contribution in [2.45, 2.75) is 10.1 Å². The quantitative estimate of drug-likeness (QED) is 0.273. The van der Waals surface area contributed by atoms with Crippen LogP contribution < -0.4 is 16.4 Å². The summed E-state index contributed by atoms with van der Waals surface area (Å²) >= 11 is 1.34. The van der Waals surface area contributed by atoms with Gasteiger partial charge < -0.3 is 16.4 Å². The van der Waals surface area contributed by atoms with E-state index in [0.717, 1.165) is 10.5 Å². The highest BCUT2D eigenvalue weighted by atomic mass is 32.2. The van der Waals surface area contributed by atoms with Crippen molar-refractivity contribution >= 4 is 40.9 Å². The second-order valence-electron chi connectivity index (χ2n) is 7.80. The van der Waals surface area contributed by atoms with Crippen LogP contribution in [-0.2, 0) is 4.79 Å². The van der Waals surface area contributed by atoms with E-state index in [2.05, 4.69) is 10.6 Å². The molecule has 4 rings (SSSR count). The predicted molar refractivity (Wildman–Crippen MR) is 139 cm³/mol. The molecule has 6 nitrogen and oxygen atoms in total. The number of primary amides is 1. The highest BCUT2D eigenvalue weighted by Crippen LogP contribution is 2.36. The summed E-state index contributed by atoms with van der Waals surface area (Å²) in [4.78, 5) is 37.7. The number of carbonyl (C=O) groups excluding carboxylic acids is 3. The number of benzene rings is 4. The van der Waals surface area contributed by atoms with Crippen LogP contribution in [0.15, 0.2) is 108 Å². The van der Waals surface area contributed by atoms with E-state index in [9.17, 15) is 18.8 Å². The zero-order valence-electron chi connectivity index (χ0n) is 19.0. The summed E-state index contributed by atoms with van der Waals surface area (Å²) in [5, 5.41) is 4.99. The maximum absolute atomic E-state index is 13.9. The fourth-order valence-corrected chi connectivity index (χ4v) is 4.45. The molecule has 180 valence electrons. The third-order valence-corrected chi connectivity index (χ3v) is 6.53. The first kappa shape index (κ1) is 24.7. The van der Waals surface area contributed by atoms with Crippen molar-refractivity contribution in [2.75, 3.05) is 10.6 Å². The molecule has 0 aliphatic heterocycles. The summed E-state index contributed by atoms with van der Waals surface area (Å²) in [7, 11) is 0. The van der Waals surface area contributed by atoms with Crippen molar-refractivity contribution < 1.29 is 18.8 Å². The average Bonchev–Trinajstić information content (AvgIpc) is 2.89. The molecule has 4 aromatic carbocycles. The minimum Gasteiger partial charge on any atom is -0.366 e. The molecule has 1 unspecified atom stereocenters. The topological polar surface area (TPSA) is 101 Å². The van der Waals surface area contributed by atoms with E-state index in [1.165, 1.54) is 30.0 Å². The maximum Gasteiger partial charge on any atom is 0.258 e. The molecule has 36 heavy (non-hydrogen) atoms. The van der Waals surface area contributed by atoms with Gasteiger partial charge in [-0.05, 0) is 66.2 Å². The number of thioether (sulfide) groups is 1. The second-order valence-corrected chi connectivity index (χ2v) is 8.98. The van der Waals surface area contributed by atoms with Crippen LogP contribution in [0.1, 0.15) is 31.5 Å². The average molecular weight is 500 g/mol. The molecule has 0 spiro atoms. The number of anilines is 2. The van der Waals surface area contributed by atoms with Gasteiger partial charge in [-0.2, -0.15) is 0 Å². The monoisotopic (exact) mass is 499 g/mol. The van der Waals surface area contributed by atoms with Gasteiger partial charge in [0.2, 0.25) is 11.8 Å². The van der Waals surface area contributed by atoms with Crippen LogP contribution in [0.25, 0.3) is 0 Å². The molecule has 0 aliphatic rings. The van der Waals surface area contributed by atoms with E-state index in [1.54, 1.807) is 54.6 Å². The van der Waals surface area contributed by atoms with Crippen LogP contribution in [-0.4, -0.2) is 17.7 Å². The number of carbonyl (C=O) groups is 3. The molecule has 0 aromatic heterocycles. The Morgan fingerprint density at radius 1 is 0.722 bits per heavy atom. The first-order chi connectivity index (χ1) is 17.4. The van der Waals surface area contributed by atoms with Crippen LogP contribution in [0, 0.1) is 5.82 Å².